The lowest BCUT2D eigenvalue weighted by Crippen LogP contribution is -2.24. The number of nitrogens with one attached hydrogen (secondary N) is 1. The van der Waals surface area contributed by atoms with Crippen LogP contribution in [0.2, 0.25) is 0 Å². The molecular weight excluding hydrogens is 320 g/mol. The molecule has 0 aliphatic carbocycles. The van der Waals surface area contributed by atoms with Crippen molar-refractivity contribution in [3.05, 3.63) is 41.0 Å². The predicted octanol–water partition coefficient (Wildman–Crippen LogP) is 4.13. The smallest absolute Gasteiger partial charge is 0.277 e. The van der Waals surface area contributed by atoms with Crippen LogP contribution in [0.1, 0.15) is 38.1 Å². The Kier molecular flexibility index (Phi) is 5.06. The van der Waals surface area contributed by atoms with Gasteiger partial charge in [0.15, 0.2) is 5.82 Å². The fourth-order valence-electron chi connectivity index (χ4n) is 2.33. The van der Waals surface area contributed by atoms with Crippen molar-refractivity contribution in [3.63, 3.8) is 0 Å². The van der Waals surface area contributed by atoms with E-state index in [-0.39, 0.29) is 0 Å². The van der Waals surface area contributed by atoms with Crippen LogP contribution in [-0.4, -0.2) is 28.2 Å². The Hall–Kier alpha value is -2.05. The van der Waals surface area contributed by atoms with Crippen LogP contribution in [-0.2, 0) is 6.42 Å². The molecule has 0 amide bonds. The number of hydrogen-bond donors (Lipinski definition) is 1. The summed E-state index contributed by atoms with van der Waals surface area (Å²) in [5, 5.41) is 10.1. The second-order valence-electron chi connectivity index (χ2n) is 6.22. The van der Waals surface area contributed by atoms with E-state index in [0.717, 1.165) is 22.7 Å². The third kappa shape index (κ3) is 3.71. The summed E-state index contributed by atoms with van der Waals surface area (Å²) in [6.45, 7) is 6.47. The first kappa shape index (κ1) is 16.8. The fraction of sp³-hybridized carbons (Fsp3) is 0.389. The molecule has 1 aromatic carbocycles. The number of aromatic nitrogens is 3. The maximum atomic E-state index is 5.35. The monoisotopic (exact) mass is 342 g/mol. The summed E-state index contributed by atoms with van der Waals surface area (Å²) in [6.07, 6.45) is 0.730. The molecule has 0 aliphatic rings. The first-order valence-electron chi connectivity index (χ1n) is 8.13. The zero-order valence-corrected chi connectivity index (χ0v) is 15.2. The summed E-state index contributed by atoms with van der Waals surface area (Å²) in [5.74, 6) is 1.71. The van der Waals surface area contributed by atoms with Crippen molar-refractivity contribution in [2.24, 2.45) is 0 Å². The molecule has 0 spiro atoms. The lowest BCUT2D eigenvalue weighted by atomic mass is 10.0. The highest BCUT2D eigenvalue weighted by Crippen LogP contribution is 2.29. The minimum atomic E-state index is 0.306. The van der Waals surface area contributed by atoms with Gasteiger partial charge in [-0.25, -0.2) is 4.98 Å². The van der Waals surface area contributed by atoms with Crippen molar-refractivity contribution in [2.45, 2.75) is 39.2 Å². The van der Waals surface area contributed by atoms with Gasteiger partial charge >= 0.3 is 0 Å². The average Bonchev–Trinajstić information content (AvgIpc) is 3.24. The van der Waals surface area contributed by atoms with Crippen molar-refractivity contribution < 1.29 is 4.52 Å². The van der Waals surface area contributed by atoms with Gasteiger partial charge in [0.1, 0.15) is 10.7 Å². The van der Waals surface area contributed by atoms with Crippen molar-refractivity contribution in [3.8, 4) is 22.2 Å². The molecule has 5 nitrogen and oxygen atoms in total. The van der Waals surface area contributed by atoms with Crippen LogP contribution in [0.25, 0.3) is 22.2 Å². The first-order chi connectivity index (χ1) is 11.6. The van der Waals surface area contributed by atoms with Gasteiger partial charge in [-0.3, -0.25) is 0 Å². The average molecular weight is 342 g/mol. The maximum Gasteiger partial charge on any atom is 0.277 e. The van der Waals surface area contributed by atoms with Gasteiger partial charge in [0.25, 0.3) is 5.89 Å². The normalized spacial score (nSPS) is 12.7. The van der Waals surface area contributed by atoms with E-state index in [1.54, 1.807) is 11.3 Å². The molecule has 24 heavy (non-hydrogen) atoms. The second kappa shape index (κ2) is 7.23. The summed E-state index contributed by atoms with van der Waals surface area (Å²) in [5.41, 5.74) is 3.17. The molecule has 0 bridgehead atoms. The van der Waals surface area contributed by atoms with Crippen molar-refractivity contribution in [1.29, 1.82) is 0 Å². The molecule has 0 saturated carbocycles. The van der Waals surface area contributed by atoms with Crippen molar-refractivity contribution in [1.82, 2.24) is 20.4 Å². The number of benzene rings is 1. The van der Waals surface area contributed by atoms with E-state index >= 15 is 0 Å². The highest BCUT2D eigenvalue weighted by atomic mass is 32.1. The molecular formula is C18H22N4OS. The van der Waals surface area contributed by atoms with Gasteiger partial charge in [0.05, 0.1) is 0 Å². The molecule has 3 aromatic rings. The Bertz CT molecular complexity index is 791. The van der Waals surface area contributed by atoms with Gasteiger partial charge in [-0.15, -0.1) is 11.3 Å². The van der Waals surface area contributed by atoms with E-state index in [4.69, 9.17) is 4.52 Å². The van der Waals surface area contributed by atoms with Gasteiger partial charge < -0.3 is 9.84 Å². The van der Waals surface area contributed by atoms with E-state index in [1.165, 1.54) is 5.56 Å². The lowest BCUT2D eigenvalue weighted by molar-refractivity contribution is 0.417. The minimum Gasteiger partial charge on any atom is -0.332 e. The highest BCUT2D eigenvalue weighted by molar-refractivity contribution is 7.13. The van der Waals surface area contributed by atoms with E-state index in [2.05, 4.69) is 65.5 Å². The summed E-state index contributed by atoms with van der Waals surface area (Å²) < 4.78 is 5.35. The highest BCUT2D eigenvalue weighted by Gasteiger charge is 2.15. The number of rotatable bonds is 6. The molecule has 0 saturated heterocycles. The molecule has 0 fully saturated rings. The zero-order valence-electron chi connectivity index (χ0n) is 14.4. The van der Waals surface area contributed by atoms with Crippen molar-refractivity contribution >= 4 is 11.3 Å². The number of nitrogens with zero attached hydrogens (tertiary/aromatic N) is 3. The molecule has 2 aromatic heterocycles. The van der Waals surface area contributed by atoms with Gasteiger partial charge in [-0.2, -0.15) is 4.98 Å². The lowest BCUT2D eigenvalue weighted by Gasteiger charge is -2.05. The van der Waals surface area contributed by atoms with Crippen molar-refractivity contribution in [2.75, 3.05) is 7.05 Å². The van der Waals surface area contributed by atoms with Gasteiger partial charge in [-0.05, 0) is 25.5 Å². The predicted molar refractivity (Wildman–Crippen MR) is 97.2 cm³/mol. The zero-order chi connectivity index (χ0) is 17.1. The van der Waals surface area contributed by atoms with Crippen LogP contribution in [0, 0.1) is 0 Å². The second-order valence-corrected chi connectivity index (χ2v) is 7.08. The fourth-order valence-corrected chi connectivity index (χ4v) is 3.13. The largest absolute Gasteiger partial charge is 0.332 e. The maximum absolute atomic E-state index is 5.35. The Morgan fingerprint density at radius 2 is 1.88 bits per heavy atom. The van der Waals surface area contributed by atoms with Crippen LogP contribution in [0.3, 0.4) is 0 Å². The first-order valence-corrected chi connectivity index (χ1v) is 9.01. The van der Waals surface area contributed by atoms with Crippen LogP contribution in [0.15, 0.2) is 34.2 Å². The molecule has 6 heteroatoms. The molecule has 2 heterocycles. The number of hydrogen-bond acceptors (Lipinski definition) is 6. The Labute approximate surface area is 146 Å². The Balaban J connectivity index is 1.78. The topological polar surface area (TPSA) is 63.8 Å². The molecule has 3 rings (SSSR count). The third-order valence-corrected chi connectivity index (χ3v) is 4.89. The Morgan fingerprint density at radius 3 is 2.54 bits per heavy atom. The molecule has 0 aliphatic heterocycles. The van der Waals surface area contributed by atoms with Gasteiger partial charge in [0, 0.05) is 23.4 Å². The van der Waals surface area contributed by atoms with Crippen LogP contribution >= 0.6 is 11.3 Å². The molecule has 126 valence electrons. The van der Waals surface area contributed by atoms with E-state index in [9.17, 15) is 0 Å². The number of likely N-dealkylation sites (N-methyl/N-ethyl adjacent to an activating group) is 1. The molecule has 1 atom stereocenters. The Morgan fingerprint density at radius 1 is 1.12 bits per heavy atom. The van der Waals surface area contributed by atoms with Gasteiger partial charge in [0.2, 0.25) is 0 Å². The third-order valence-electron chi connectivity index (χ3n) is 4.00. The van der Waals surface area contributed by atoms with Crippen LogP contribution in [0.5, 0.6) is 0 Å². The molecule has 1 unspecified atom stereocenters. The van der Waals surface area contributed by atoms with E-state index in [1.807, 2.05) is 12.4 Å². The van der Waals surface area contributed by atoms with Crippen LogP contribution in [0.4, 0.5) is 0 Å². The summed E-state index contributed by atoms with van der Waals surface area (Å²) in [4.78, 5) is 9.08. The standard InChI is InChI=1S/C18H22N4OS/c1-11(2)13-5-7-14(8-6-13)18-20-15(10-24-18)17-21-16(22-23-17)9-12(3)19-4/h5-8,10-12,19H,9H2,1-4H3. The quantitative estimate of drug-likeness (QED) is 0.729. The summed E-state index contributed by atoms with van der Waals surface area (Å²) in [7, 11) is 1.92. The summed E-state index contributed by atoms with van der Waals surface area (Å²) >= 11 is 1.59. The number of thiazole rings is 1. The molecule has 0 radical (unpaired) electrons. The molecule has 1 N–H and O–H groups in total. The van der Waals surface area contributed by atoms with E-state index in [0.29, 0.717) is 23.7 Å². The van der Waals surface area contributed by atoms with Gasteiger partial charge in [-0.1, -0.05) is 43.3 Å². The van der Waals surface area contributed by atoms with Crippen LogP contribution < -0.4 is 5.32 Å². The van der Waals surface area contributed by atoms with E-state index < -0.39 is 0 Å². The summed E-state index contributed by atoms with van der Waals surface area (Å²) in [6, 6.07) is 8.86. The minimum absolute atomic E-state index is 0.306. The SMILES string of the molecule is CNC(C)Cc1noc(-c2csc(-c3ccc(C(C)C)cc3)n2)n1.